The molecule has 0 fully saturated rings. The Morgan fingerprint density at radius 2 is 1.55 bits per heavy atom. The number of esters is 1. The first kappa shape index (κ1) is 17.4. The first-order valence-corrected chi connectivity index (χ1v) is 9.43. The molecule has 3 heteroatoms. The third-order valence-electron chi connectivity index (χ3n) is 5.36. The van der Waals surface area contributed by atoms with Crippen LogP contribution in [-0.4, -0.2) is 5.97 Å². The van der Waals surface area contributed by atoms with Gasteiger partial charge < -0.3 is 4.74 Å². The maximum absolute atomic E-state index is 13.0. The van der Waals surface area contributed by atoms with Crippen molar-refractivity contribution in [2.45, 2.75) is 6.92 Å². The summed E-state index contributed by atoms with van der Waals surface area (Å²) >= 11 is 0. The number of carbonyl (C=O) groups is 1. The first-order valence-electron chi connectivity index (χ1n) is 9.43. The number of carbonyl (C=O) groups excluding carboxylic acids is 1. The second kappa shape index (κ2) is 6.71. The van der Waals surface area contributed by atoms with Crippen LogP contribution in [0.1, 0.15) is 11.1 Å². The van der Waals surface area contributed by atoms with E-state index in [-0.39, 0.29) is 5.82 Å². The van der Waals surface area contributed by atoms with Crippen molar-refractivity contribution in [3.05, 3.63) is 95.8 Å². The molecule has 140 valence electrons. The van der Waals surface area contributed by atoms with Gasteiger partial charge in [0.05, 0.1) is 0 Å². The number of benzene rings is 5. The van der Waals surface area contributed by atoms with Gasteiger partial charge >= 0.3 is 5.97 Å². The molecule has 0 spiro atoms. The Balaban J connectivity index is 1.54. The van der Waals surface area contributed by atoms with Gasteiger partial charge in [-0.25, -0.2) is 9.18 Å². The number of halogens is 1. The highest BCUT2D eigenvalue weighted by Crippen LogP contribution is 2.39. The smallest absolute Gasteiger partial charge is 0.336 e. The molecule has 29 heavy (non-hydrogen) atoms. The van der Waals surface area contributed by atoms with Crippen molar-refractivity contribution in [3.63, 3.8) is 0 Å². The van der Waals surface area contributed by atoms with E-state index in [1.165, 1.54) is 39.8 Å². The van der Waals surface area contributed by atoms with Crippen molar-refractivity contribution in [1.29, 1.82) is 0 Å². The summed E-state index contributed by atoms with van der Waals surface area (Å²) in [7, 11) is 0. The highest BCUT2D eigenvalue weighted by Gasteiger charge is 2.14. The lowest BCUT2D eigenvalue weighted by molar-refractivity contribution is -0.128. The molecular formula is C26H17FO2. The van der Waals surface area contributed by atoms with Crippen LogP contribution in [0, 0.1) is 12.7 Å². The molecule has 0 N–H and O–H groups in total. The molecule has 0 aliphatic heterocycles. The maximum atomic E-state index is 13.0. The van der Waals surface area contributed by atoms with E-state index in [9.17, 15) is 9.18 Å². The standard InChI is InChI=1S/C26H17FO2/c1-16-22-13-10-19-4-2-3-18-8-9-20(26(22)25(18)19)15-23(16)29-24(28)14-7-17-5-11-21(27)12-6-17/h2-15H,1H3. The summed E-state index contributed by atoms with van der Waals surface area (Å²) < 4.78 is 18.6. The number of rotatable bonds is 3. The molecule has 0 unspecified atom stereocenters. The Morgan fingerprint density at radius 3 is 2.31 bits per heavy atom. The van der Waals surface area contributed by atoms with Gasteiger partial charge in [-0.2, -0.15) is 0 Å². The molecule has 5 rings (SSSR count). The van der Waals surface area contributed by atoms with Gasteiger partial charge in [0.2, 0.25) is 0 Å². The molecule has 0 saturated carbocycles. The molecule has 0 aliphatic carbocycles. The zero-order valence-corrected chi connectivity index (χ0v) is 15.8. The van der Waals surface area contributed by atoms with E-state index in [1.54, 1.807) is 18.2 Å². The predicted molar refractivity (Wildman–Crippen MR) is 116 cm³/mol. The lowest BCUT2D eigenvalue weighted by atomic mass is 9.92. The van der Waals surface area contributed by atoms with Gasteiger partial charge in [-0.3, -0.25) is 0 Å². The monoisotopic (exact) mass is 380 g/mol. The fraction of sp³-hybridized carbons (Fsp3) is 0.0385. The highest BCUT2D eigenvalue weighted by atomic mass is 19.1. The normalized spacial score (nSPS) is 11.8. The van der Waals surface area contributed by atoms with E-state index in [1.807, 2.05) is 13.0 Å². The molecule has 5 aromatic rings. The zero-order chi connectivity index (χ0) is 20.0. The Morgan fingerprint density at radius 1 is 0.862 bits per heavy atom. The average molecular weight is 380 g/mol. The molecule has 2 nitrogen and oxygen atoms in total. The van der Waals surface area contributed by atoms with Crippen LogP contribution in [0.25, 0.3) is 38.4 Å². The Kier molecular flexibility index (Phi) is 4.02. The van der Waals surface area contributed by atoms with Crippen molar-refractivity contribution in [1.82, 2.24) is 0 Å². The summed E-state index contributed by atoms with van der Waals surface area (Å²) in [6.45, 7) is 1.97. The first-order chi connectivity index (χ1) is 14.1. The minimum atomic E-state index is -0.467. The Bertz CT molecular complexity index is 1380. The number of ether oxygens (including phenoxy) is 1. The third-order valence-corrected chi connectivity index (χ3v) is 5.36. The fourth-order valence-corrected chi connectivity index (χ4v) is 3.91. The van der Waals surface area contributed by atoms with E-state index >= 15 is 0 Å². The van der Waals surface area contributed by atoms with Crippen molar-refractivity contribution >= 4 is 44.4 Å². The summed E-state index contributed by atoms with van der Waals surface area (Å²) in [5.41, 5.74) is 1.66. The molecule has 0 aliphatic rings. The van der Waals surface area contributed by atoms with E-state index in [2.05, 4.69) is 42.5 Å². The van der Waals surface area contributed by atoms with E-state index in [4.69, 9.17) is 4.74 Å². The van der Waals surface area contributed by atoms with Crippen LogP contribution in [-0.2, 0) is 4.79 Å². The Labute approximate surface area is 167 Å². The number of hydrogen-bond donors (Lipinski definition) is 0. The molecular weight excluding hydrogens is 363 g/mol. The Hall–Kier alpha value is -3.72. The van der Waals surface area contributed by atoms with Crippen LogP contribution < -0.4 is 4.74 Å². The summed E-state index contributed by atoms with van der Waals surface area (Å²) in [5, 5.41) is 6.95. The second-order valence-electron chi connectivity index (χ2n) is 7.16. The van der Waals surface area contributed by atoms with E-state index < -0.39 is 5.97 Å². The molecule has 5 aromatic carbocycles. The third kappa shape index (κ3) is 3.01. The van der Waals surface area contributed by atoms with Crippen LogP contribution in [0.15, 0.2) is 78.9 Å². The van der Waals surface area contributed by atoms with Crippen LogP contribution in [0.4, 0.5) is 4.39 Å². The van der Waals surface area contributed by atoms with Crippen molar-refractivity contribution in [2.75, 3.05) is 0 Å². The quantitative estimate of drug-likeness (QED) is 0.152. The molecule has 0 amide bonds. The average Bonchev–Trinajstić information content (AvgIpc) is 2.74. The van der Waals surface area contributed by atoms with Gasteiger partial charge in [-0.1, -0.05) is 54.6 Å². The van der Waals surface area contributed by atoms with E-state index in [0.29, 0.717) is 5.75 Å². The van der Waals surface area contributed by atoms with Gasteiger partial charge in [-0.15, -0.1) is 0 Å². The van der Waals surface area contributed by atoms with Gasteiger partial charge in [-0.05, 0) is 74.6 Å². The van der Waals surface area contributed by atoms with Crippen LogP contribution >= 0.6 is 0 Å². The van der Waals surface area contributed by atoms with Gasteiger partial charge in [0.1, 0.15) is 11.6 Å². The summed E-state index contributed by atoms with van der Waals surface area (Å²) in [4.78, 5) is 12.4. The van der Waals surface area contributed by atoms with Crippen LogP contribution in [0.2, 0.25) is 0 Å². The summed E-state index contributed by atoms with van der Waals surface area (Å²) in [6, 6.07) is 22.5. The molecule has 0 radical (unpaired) electrons. The number of hydrogen-bond acceptors (Lipinski definition) is 2. The SMILES string of the molecule is Cc1c(OC(=O)C=Cc2ccc(F)cc2)cc2ccc3cccc4ccc1c2c34. The molecule has 0 heterocycles. The van der Waals surface area contributed by atoms with Crippen LogP contribution in [0.5, 0.6) is 5.75 Å². The molecule has 0 aromatic heterocycles. The molecule has 0 saturated heterocycles. The van der Waals surface area contributed by atoms with Crippen molar-refractivity contribution in [2.24, 2.45) is 0 Å². The van der Waals surface area contributed by atoms with Gasteiger partial charge in [0.15, 0.2) is 0 Å². The fourth-order valence-electron chi connectivity index (χ4n) is 3.91. The van der Waals surface area contributed by atoms with Crippen LogP contribution in [0.3, 0.4) is 0 Å². The van der Waals surface area contributed by atoms with E-state index in [0.717, 1.165) is 21.9 Å². The van der Waals surface area contributed by atoms with Crippen molar-refractivity contribution in [3.8, 4) is 5.75 Å². The maximum Gasteiger partial charge on any atom is 0.336 e. The lowest BCUT2D eigenvalue weighted by Crippen LogP contribution is -2.05. The highest BCUT2D eigenvalue weighted by molar-refractivity contribution is 6.24. The minimum absolute atomic E-state index is 0.311. The van der Waals surface area contributed by atoms with Crippen molar-refractivity contribution < 1.29 is 13.9 Å². The predicted octanol–water partition coefficient (Wildman–Crippen LogP) is 6.65. The topological polar surface area (TPSA) is 26.3 Å². The summed E-state index contributed by atoms with van der Waals surface area (Å²) in [6.07, 6.45) is 2.97. The molecule has 0 bridgehead atoms. The summed E-state index contributed by atoms with van der Waals surface area (Å²) in [5.74, 6) is -0.232. The second-order valence-corrected chi connectivity index (χ2v) is 7.16. The largest absolute Gasteiger partial charge is 0.423 e. The zero-order valence-electron chi connectivity index (χ0n) is 15.8. The van der Waals surface area contributed by atoms with Gasteiger partial charge in [0.25, 0.3) is 0 Å². The number of aryl methyl sites for hydroxylation is 1. The molecule has 0 atom stereocenters. The van der Waals surface area contributed by atoms with Gasteiger partial charge in [0, 0.05) is 6.08 Å². The minimum Gasteiger partial charge on any atom is -0.423 e. The lowest BCUT2D eigenvalue weighted by Gasteiger charge is -2.15.